The van der Waals surface area contributed by atoms with Gasteiger partial charge in [-0.3, -0.25) is 4.79 Å². The number of nitrogens with one attached hydrogen (secondary N) is 2. The molecule has 28 heavy (non-hydrogen) atoms. The first-order valence-electron chi connectivity index (χ1n) is 9.13. The third-order valence-corrected chi connectivity index (χ3v) is 4.18. The van der Waals surface area contributed by atoms with Gasteiger partial charge in [0.25, 0.3) is 0 Å². The molecule has 0 atom stereocenters. The molecule has 0 aliphatic rings. The number of carbonyl (C=O) groups excluding carboxylic acids is 1. The van der Waals surface area contributed by atoms with Gasteiger partial charge in [-0.2, -0.15) is 0 Å². The quantitative estimate of drug-likeness (QED) is 0.593. The van der Waals surface area contributed by atoms with Crippen LogP contribution < -0.4 is 20.1 Å². The van der Waals surface area contributed by atoms with Crippen molar-refractivity contribution in [3.63, 3.8) is 0 Å². The molecule has 0 heterocycles. The molecule has 0 aliphatic carbocycles. The minimum atomic E-state index is -0.0774. The van der Waals surface area contributed by atoms with Crippen molar-refractivity contribution in [2.45, 2.75) is 13.2 Å². The van der Waals surface area contributed by atoms with Gasteiger partial charge in [0.1, 0.15) is 18.1 Å². The topological polar surface area (TPSA) is 59.6 Å². The molecule has 0 spiro atoms. The number of carbonyl (C=O) groups is 1. The molecule has 0 saturated heterocycles. The Bertz CT molecular complexity index is 880. The molecule has 3 rings (SSSR count). The molecule has 0 fully saturated rings. The van der Waals surface area contributed by atoms with Gasteiger partial charge in [-0.15, -0.1) is 0 Å². The predicted molar refractivity (Wildman–Crippen MR) is 111 cm³/mol. The van der Waals surface area contributed by atoms with E-state index in [-0.39, 0.29) is 12.5 Å². The van der Waals surface area contributed by atoms with Crippen molar-refractivity contribution in [2.24, 2.45) is 0 Å². The number of ether oxygens (including phenoxy) is 2. The second-order valence-electron chi connectivity index (χ2n) is 6.28. The van der Waals surface area contributed by atoms with E-state index in [1.807, 2.05) is 78.9 Å². The molecule has 5 nitrogen and oxygen atoms in total. The summed E-state index contributed by atoms with van der Waals surface area (Å²) in [7, 11) is 1.63. The fourth-order valence-corrected chi connectivity index (χ4v) is 2.63. The summed E-state index contributed by atoms with van der Waals surface area (Å²) in [5.74, 6) is 1.48. The molecular weight excluding hydrogens is 352 g/mol. The maximum Gasteiger partial charge on any atom is 0.239 e. The molecule has 1 amide bonds. The fraction of sp³-hybridized carbons (Fsp3) is 0.174. The smallest absolute Gasteiger partial charge is 0.239 e. The Hall–Kier alpha value is -3.47. The Balaban J connectivity index is 1.43. The van der Waals surface area contributed by atoms with Crippen LogP contribution in [-0.2, 0) is 17.9 Å². The molecule has 0 radical (unpaired) electrons. The molecule has 0 saturated carbocycles. The van der Waals surface area contributed by atoms with E-state index in [1.165, 1.54) is 0 Å². The predicted octanol–water partition coefficient (Wildman–Crippen LogP) is 4.00. The molecule has 2 N–H and O–H groups in total. The van der Waals surface area contributed by atoms with Gasteiger partial charge in [-0.05, 0) is 35.4 Å². The van der Waals surface area contributed by atoms with Crippen LogP contribution in [0.4, 0.5) is 5.69 Å². The van der Waals surface area contributed by atoms with Crippen LogP contribution in [0.2, 0.25) is 0 Å². The maximum absolute atomic E-state index is 12.1. The van der Waals surface area contributed by atoms with Crippen molar-refractivity contribution in [1.29, 1.82) is 0 Å². The SMILES string of the molecule is COc1ccc(CNC(=O)CNc2cccc(OCc3ccccc3)c2)cc1. The Morgan fingerprint density at radius 3 is 2.39 bits per heavy atom. The summed E-state index contributed by atoms with van der Waals surface area (Å²) in [6.07, 6.45) is 0. The van der Waals surface area contributed by atoms with Crippen molar-refractivity contribution < 1.29 is 14.3 Å². The summed E-state index contributed by atoms with van der Waals surface area (Å²) in [5.41, 5.74) is 2.97. The third kappa shape index (κ3) is 6.06. The lowest BCUT2D eigenvalue weighted by molar-refractivity contribution is -0.119. The van der Waals surface area contributed by atoms with Crippen molar-refractivity contribution in [2.75, 3.05) is 19.0 Å². The number of methoxy groups -OCH3 is 1. The minimum Gasteiger partial charge on any atom is -0.497 e. The van der Waals surface area contributed by atoms with Crippen molar-refractivity contribution in [1.82, 2.24) is 5.32 Å². The number of rotatable bonds is 9. The van der Waals surface area contributed by atoms with Crippen LogP contribution in [0.15, 0.2) is 78.9 Å². The average Bonchev–Trinajstić information content (AvgIpc) is 2.76. The van der Waals surface area contributed by atoms with Gasteiger partial charge in [-0.1, -0.05) is 48.5 Å². The monoisotopic (exact) mass is 376 g/mol. The highest BCUT2D eigenvalue weighted by Crippen LogP contribution is 2.18. The van der Waals surface area contributed by atoms with E-state index in [0.717, 1.165) is 28.3 Å². The number of anilines is 1. The molecule has 3 aromatic rings. The van der Waals surface area contributed by atoms with Crippen molar-refractivity contribution >= 4 is 11.6 Å². The van der Waals surface area contributed by atoms with E-state index in [2.05, 4.69) is 10.6 Å². The standard InChI is InChI=1S/C23H24N2O3/c1-27-21-12-10-18(11-13-21)15-25-23(26)16-24-20-8-5-9-22(14-20)28-17-19-6-3-2-4-7-19/h2-14,24H,15-17H2,1H3,(H,25,26). The minimum absolute atomic E-state index is 0.0774. The van der Waals surface area contributed by atoms with Crippen LogP contribution in [0.5, 0.6) is 11.5 Å². The number of hydrogen-bond acceptors (Lipinski definition) is 4. The van der Waals surface area contributed by atoms with Crippen LogP contribution in [0.3, 0.4) is 0 Å². The Labute approximate surface area is 165 Å². The molecule has 3 aromatic carbocycles. The highest BCUT2D eigenvalue weighted by atomic mass is 16.5. The zero-order valence-electron chi connectivity index (χ0n) is 15.9. The molecular formula is C23H24N2O3. The van der Waals surface area contributed by atoms with Gasteiger partial charge in [0, 0.05) is 18.3 Å². The van der Waals surface area contributed by atoms with E-state index < -0.39 is 0 Å². The zero-order valence-corrected chi connectivity index (χ0v) is 15.9. The Morgan fingerprint density at radius 1 is 0.857 bits per heavy atom. The van der Waals surface area contributed by atoms with Gasteiger partial charge in [0.15, 0.2) is 0 Å². The highest BCUT2D eigenvalue weighted by Gasteiger charge is 2.03. The summed E-state index contributed by atoms with van der Waals surface area (Å²) in [6.45, 7) is 1.18. The molecule has 0 aromatic heterocycles. The number of benzene rings is 3. The van der Waals surface area contributed by atoms with Gasteiger partial charge >= 0.3 is 0 Å². The van der Waals surface area contributed by atoms with Crippen LogP contribution in [0, 0.1) is 0 Å². The lowest BCUT2D eigenvalue weighted by Crippen LogP contribution is -2.29. The van der Waals surface area contributed by atoms with Crippen LogP contribution in [-0.4, -0.2) is 19.6 Å². The summed E-state index contributed by atoms with van der Waals surface area (Å²) >= 11 is 0. The van der Waals surface area contributed by atoms with E-state index in [1.54, 1.807) is 7.11 Å². The normalized spacial score (nSPS) is 10.2. The average molecular weight is 376 g/mol. The first kappa shape index (κ1) is 19.3. The van der Waals surface area contributed by atoms with Crippen LogP contribution >= 0.6 is 0 Å². The van der Waals surface area contributed by atoms with Gasteiger partial charge in [-0.25, -0.2) is 0 Å². The molecule has 0 bridgehead atoms. The summed E-state index contributed by atoms with van der Waals surface area (Å²) in [6, 6.07) is 25.2. The van der Waals surface area contributed by atoms with Crippen molar-refractivity contribution in [3.8, 4) is 11.5 Å². The Kier molecular flexibility index (Phi) is 6.90. The molecule has 5 heteroatoms. The summed E-state index contributed by atoms with van der Waals surface area (Å²) < 4.78 is 10.9. The lowest BCUT2D eigenvalue weighted by atomic mass is 10.2. The zero-order chi connectivity index (χ0) is 19.6. The van der Waals surface area contributed by atoms with Crippen LogP contribution in [0.25, 0.3) is 0 Å². The van der Waals surface area contributed by atoms with Crippen molar-refractivity contribution in [3.05, 3.63) is 90.0 Å². The fourth-order valence-electron chi connectivity index (χ4n) is 2.63. The first-order valence-corrected chi connectivity index (χ1v) is 9.13. The van der Waals surface area contributed by atoms with E-state index in [9.17, 15) is 4.79 Å². The molecule has 0 aliphatic heterocycles. The lowest BCUT2D eigenvalue weighted by Gasteiger charge is -2.11. The third-order valence-electron chi connectivity index (χ3n) is 4.18. The van der Waals surface area contributed by atoms with Gasteiger partial charge < -0.3 is 20.1 Å². The Morgan fingerprint density at radius 2 is 1.64 bits per heavy atom. The van der Waals surface area contributed by atoms with E-state index in [4.69, 9.17) is 9.47 Å². The number of amides is 1. The summed E-state index contributed by atoms with van der Waals surface area (Å²) in [5, 5.41) is 6.02. The first-order chi connectivity index (χ1) is 13.7. The second-order valence-corrected chi connectivity index (χ2v) is 6.28. The van der Waals surface area contributed by atoms with Gasteiger partial charge in [0.2, 0.25) is 5.91 Å². The second kappa shape index (κ2) is 10.0. The van der Waals surface area contributed by atoms with Gasteiger partial charge in [0.05, 0.1) is 13.7 Å². The molecule has 0 unspecified atom stereocenters. The largest absolute Gasteiger partial charge is 0.497 e. The highest BCUT2D eigenvalue weighted by molar-refractivity contribution is 5.80. The van der Waals surface area contributed by atoms with E-state index >= 15 is 0 Å². The maximum atomic E-state index is 12.1. The number of hydrogen-bond donors (Lipinski definition) is 2. The van der Waals surface area contributed by atoms with E-state index in [0.29, 0.717) is 13.2 Å². The summed E-state index contributed by atoms with van der Waals surface area (Å²) in [4.78, 5) is 12.1. The molecule has 144 valence electrons. The van der Waals surface area contributed by atoms with Crippen LogP contribution in [0.1, 0.15) is 11.1 Å².